The third-order valence-electron chi connectivity index (χ3n) is 3.26. The van der Waals surface area contributed by atoms with Gasteiger partial charge in [0.1, 0.15) is 0 Å². The van der Waals surface area contributed by atoms with Crippen molar-refractivity contribution in [1.82, 2.24) is 14.8 Å². The second kappa shape index (κ2) is 7.56. The molecule has 5 nitrogen and oxygen atoms in total. The van der Waals surface area contributed by atoms with E-state index in [-0.39, 0.29) is 5.56 Å². The molecule has 0 spiro atoms. The zero-order valence-electron chi connectivity index (χ0n) is 12.3. The summed E-state index contributed by atoms with van der Waals surface area (Å²) in [6, 6.07) is 1.64. The molecule has 0 bridgehead atoms. The molecule has 0 aliphatic rings. The van der Waals surface area contributed by atoms with Crippen LogP contribution in [0.2, 0.25) is 0 Å². The highest BCUT2D eigenvalue weighted by atomic mass is 35.5. The van der Waals surface area contributed by atoms with Crippen LogP contribution in [0.5, 0.6) is 0 Å². The van der Waals surface area contributed by atoms with Gasteiger partial charge < -0.3 is 4.90 Å². The Bertz CT molecular complexity index is 636. The van der Waals surface area contributed by atoms with E-state index in [9.17, 15) is 4.79 Å². The van der Waals surface area contributed by atoms with Gasteiger partial charge in [-0.05, 0) is 13.8 Å². The van der Waals surface area contributed by atoms with Crippen molar-refractivity contribution in [3.05, 3.63) is 38.7 Å². The van der Waals surface area contributed by atoms with Gasteiger partial charge in [0.25, 0.3) is 5.56 Å². The Morgan fingerprint density at radius 1 is 1.38 bits per heavy atom. The molecular weight excluding hydrogens is 308 g/mol. The maximum absolute atomic E-state index is 12.1. The molecule has 0 N–H and O–H groups in total. The Balaban J connectivity index is 2.05. The first-order valence-corrected chi connectivity index (χ1v) is 8.40. The zero-order chi connectivity index (χ0) is 15.2. The topological polar surface area (TPSA) is 51.0 Å². The quantitative estimate of drug-likeness (QED) is 0.734. The highest BCUT2D eigenvalue weighted by molar-refractivity contribution is 7.09. The Morgan fingerprint density at radius 2 is 2.14 bits per heavy atom. The van der Waals surface area contributed by atoms with Crippen LogP contribution < -0.4 is 10.5 Å². The first-order valence-electron chi connectivity index (χ1n) is 6.99. The van der Waals surface area contributed by atoms with Gasteiger partial charge >= 0.3 is 0 Å². The molecule has 2 aromatic rings. The summed E-state index contributed by atoms with van der Waals surface area (Å²) < 4.78 is 1.48. The van der Waals surface area contributed by atoms with Gasteiger partial charge in [0.05, 0.1) is 35.0 Å². The molecule has 2 aromatic heterocycles. The van der Waals surface area contributed by atoms with Crippen LogP contribution in [0.25, 0.3) is 0 Å². The van der Waals surface area contributed by atoms with E-state index in [1.165, 1.54) is 4.68 Å². The number of nitrogens with zero attached hydrogens (tertiary/aromatic N) is 4. The van der Waals surface area contributed by atoms with Crippen molar-refractivity contribution < 1.29 is 0 Å². The Morgan fingerprint density at radius 3 is 2.71 bits per heavy atom. The number of hydrogen-bond donors (Lipinski definition) is 0. The third kappa shape index (κ3) is 4.04. The van der Waals surface area contributed by atoms with Crippen LogP contribution in [0, 0.1) is 0 Å². The minimum absolute atomic E-state index is 0.0754. The van der Waals surface area contributed by atoms with Crippen molar-refractivity contribution in [3.8, 4) is 0 Å². The fraction of sp³-hybridized carbons (Fsp3) is 0.500. The summed E-state index contributed by atoms with van der Waals surface area (Å²) >= 11 is 7.30. The molecule has 0 saturated heterocycles. The van der Waals surface area contributed by atoms with Crippen molar-refractivity contribution in [1.29, 1.82) is 0 Å². The number of anilines is 1. The lowest BCUT2D eigenvalue weighted by Gasteiger charge is -2.20. The highest BCUT2D eigenvalue weighted by Crippen LogP contribution is 2.13. The van der Waals surface area contributed by atoms with Gasteiger partial charge in [0.15, 0.2) is 0 Å². The monoisotopic (exact) mass is 326 g/mol. The molecule has 21 heavy (non-hydrogen) atoms. The molecule has 114 valence electrons. The van der Waals surface area contributed by atoms with E-state index < -0.39 is 0 Å². The van der Waals surface area contributed by atoms with Crippen LogP contribution in [-0.2, 0) is 18.8 Å². The molecule has 0 unspecified atom stereocenters. The van der Waals surface area contributed by atoms with Gasteiger partial charge in [-0.3, -0.25) is 4.79 Å². The zero-order valence-corrected chi connectivity index (χ0v) is 13.8. The molecule has 0 aromatic carbocycles. The molecule has 2 rings (SSSR count). The molecule has 0 saturated carbocycles. The maximum atomic E-state index is 12.1. The summed E-state index contributed by atoms with van der Waals surface area (Å²) in [7, 11) is 0. The Kier molecular flexibility index (Phi) is 5.76. The van der Waals surface area contributed by atoms with E-state index in [0.29, 0.717) is 18.8 Å². The summed E-state index contributed by atoms with van der Waals surface area (Å²) in [6.45, 7) is 6.38. The molecule has 0 atom stereocenters. The molecule has 2 heterocycles. The fourth-order valence-electron chi connectivity index (χ4n) is 2.08. The summed E-state index contributed by atoms with van der Waals surface area (Å²) in [6.07, 6.45) is 2.44. The van der Waals surface area contributed by atoms with Crippen LogP contribution in [0.4, 0.5) is 5.69 Å². The van der Waals surface area contributed by atoms with E-state index in [4.69, 9.17) is 11.6 Å². The number of halogens is 1. The lowest BCUT2D eigenvalue weighted by Crippen LogP contribution is -2.28. The van der Waals surface area contributed by atoms with Crippen molar-refractivity contribution in [2.75, 3.05) is 18.0 Å². The summed E-state index contributed by atoms with van der Waals surface area (Å²) in [5.74, 6) is 0.424. The lowest BCUT2D eigenvalue weighted by molar-refractivity contribution is 0.575. The van der Waals surface area contributed by atoms with Gasteiger partial charge in [-0.1, -0.05) is 0 Å². The van der Waals surface area contributed by atoms with Crippen molar-refractivity contribution in [2.24, 2.45) is 0 Å². The van der Waals surface area contributed by atoms with E-state index in [2.05, 4.69) is 28.8 Å². The van der Waals surface area contributed by atoms with Crippen LogP contribution in [0.3, 0.4) is 0 Å². The second-order valence-electron chi connectivity index (χ2n) is 4.56. The number of aromatic nitrogens is 3. The Labute approximate surface area is 133 Å². The summed E-state index contributed by atoms with van der Waals surface area (Å²) in [5, 5.41) is 7.18. The number of rotatable bonds is 7. The molecule has 0 radical (unpaired) electrons. The first kappa shape index (κ1) is 16.0. The molecular formula is C14H19ClN4OS. The Hall–Kier alpha value is -1.40. The van der Waals surface area contributed by atoms with Gasteiger partial charge in [0.2, 0.25) is 0 Å². The average molecular weight is 327 g/mol. The highest BCUT2D eigenvalue weighted by Gasteiger charge is 2.07. The normalized spacial score (nSPS) is 10.8. The van der Waals surface area contributed by atoms with E-state index in [1.807, 2.05) is 5.38 Å². The molecule has 0 aliphatic heterocycles. The van der Waals surface area contributed by atoms with Crippen molar-refractivity contribution in [2.45, 2.75) is 32.7 Å². The van der Waals surface area contributed by atoms with Gasteiger partial charge in [-0.25, -0.2) is 9.67 Å². The predicted molar refractivity (Wildman–Crippen MR) is 87.4 cm³/mol. The standard InChI is InChI=1S/C14H19ClN4OS/c1-3-18(4-2)12-7-14(20)19(16-9-12)6-5-13-17-11(8-15)10-21-13/h7,9-10H,3-6,8H2,1-2H3. The largest absolute Gasteiger partial charge is 0.371 e. The van der Waals surface area contributed by atoms with Crippen LogP contribution in [0.1, 0.15) is 24.5 Å². The van der Waals surface area contributed by atoms with Crippen LogP contribution in [-0.4, -0.2) is 27.9 Å². The third-order valence-corrected chi connectivity index (χ3v) is 4.49. The number of aryl methyl sites for hydroxylation is 2. The van der Waals surface area contributed by atoms with Crippen LogP contribution in [0.15, 0.2) is 22.4 Å². The molecule has 0 amide bonds. The van der Waals surface area contributed by atoms with Gasteiger partial charge in [-0.2, -0.15) is 5.10 Å². The second-order valence-corrected chi connectivity index (χ2v) is 5.77. The number of thiazole rings is 1. The van der Waals surface area contributed by atoms with E-state index in [0.717, 1.165) is 29.5 Å². The first-order chi connectivity index (χ1) is 10.2. The number of hydrogen-bond acceptors (Lipinski definition) is 5. The summed E-state index contributed by atoms with van der Waals surface area (Å²) in [4.78, 5) is 18.6. The SMILES string of the molecule is CCN(CC)c1cnn(CCc2nc(CCl)cs2)c(=O)c1. The van der Waals surface area contributed by atoms with Gasteiger partial charge in [-0.15, -0.1) is 22.9 Å². The van der Waals surface area contributed by atoms with Crippen LogP contribution >= 0.6 is 22.9 Å². The minimum atomic E-state index is -0.0754. The van der Waals surface area contributed by atoms with Crippen molar-refractivity contribution >= 4 is 28.6 Å². The average Bonchev–Trinajstić information content (AvgIpc) is 2.96. The molecule has 0 fully saturated rings. The summed E-state index contributed by atoms with van der Waals surface area (Å²) in [5.41, 5.74) is 1.68. The minimum Gasteiger partial charge on any atom is -0.371 e. The smallest absolute Gasteiger partial charge is 0.268 e. The number of alkyl halides is 1. The van der Waals surface area contributed by atoms with E-state index >= 15 is 0 Å². The molecule has 7 heteroatoms. The fourth-order valence-corrected chi connectivity index (χ4v) is 3.10. The molecule has 0 aliphatic carbocycles. The van der Waals surface area contributed by atoms with Gasteiger partial charge in [0, 0.05) is 31.0 Å². The predicted octanol–water partition coefficient (Wildman–Crippen LogP) is 2.53. The maximum Gasteiger partial charge on any atom is 0.268 e. The van der Waals surface area contributed by atoms with Crippen molar-refractivity contribution in [3.63, 3.8) is 0 Å². The lowest BCUT2D eigenvalue weighted by atomic mass is 10.3. The van der Waals surface area contributed by atoms with E-state index in [1.54, 1.807) is 23.6 Å².